The zero-order valence-corrected chi connectivity index (χ0v) is 27.6. The Morgan fingerprint density at radius 2 is 1.48 bits per heavy atom. The van der Waals surface area contributed by atoms with Crippen LogP contribution in [0.2, 0.25) is 5.02 Å². The van der Waals surface area contributed by atoms with Gasteiger partial charge in [0, 0.05) is 59.4 Å². The second-order valence-corrected chi connectivity index (χ2v) is 14.5. The summed E-state index contributed by atoms with van der Waals surface area (Å²) in [5, 5.41) is 0.375. The number of carbonyl (C=O) groups is 2. The maximum absolute atomic E-state index is 14.0. The number of rotatable bonds is 8. The third-order valence-electron chi connectivity index (χ3n) is 8.42. The average Bonchev–Trinajstić information content (AvgIpc) is 2.90. The lowest BCUT2D eigenvalue weighted by molar-refractivity contribution is -0.119. The van der Waals surface area contributed by atoms with Crippen LogP contribution in [0.4, 0.5) is 0 Å². The van der Waals surface area contributed by atoms with E-state index >= 15 is 0 Å². The highest BCUT2D eigenvalue weighted by Crippen LogP contribution is 2.55. The number of carbonyl (C=O) groups excluding carboxylic acids is 2. The van der Waals surface area contributed by atoms with Gasteiger partial charge in [-0.15, -0.1) is 0 Å². The van der Waals surface area contributed by atoms with Crippen LogP contribution in [-0.4, -0.2) is 43.8 Å². The Balaban J connectivity index is 1.65. The highest BCUT2D eigenvalue weighted by Gasteiger charge is 2.49. The Hall–Kier alpha value is -2.61. The van der Waals surface area contributed by atoms with E-state index in [2.05, 4.69) is 48.5 Å². The molecule has 0 unspecified atom stereocenters. The van der Waals surface area contributed by atoms with Crippen molar-refractivity contribution in [2.45, 2.75) is 65.9 Å². The fraction of sp³-hybridized carbons (Fsp3) is 0.471. The van der Waals surface area contributed by atoms with Crippen LogP contribution >= 0.6 is 27.5 Å². The fourth-order valence-corrected chi connectivity index (χ4v) is 7.15. The minimum atomic E-state index is -0.520. The van der Waals surface area contributed by atoms with Gasteiger partial charge in [-0.2, -0.15) is 0 Å². The quantitative estimate of drug-likeness (QED) is 0.287. The van der Waals surface area contributed by atoms with Crippen LogP contribution in [0.5, 0.6) is 11.5 Å². The highest BCUT2D eigenvalue weighted by molar-refractivity contribution is 9.10. The lowest BCUT2D eigenvalue weighted by Gasteiger charge is -2.49. The third-order valence-corrected chi connectivity index (χ3v) is 9.23. The van der Waals surface area contributed by atoms with Gasteiger partial charge in [0.2, 0.25) is 0 Å². The molecule has 2 aliphatic carbocycles. The molecule has 6 nitrogen and oxygen atoms in total. The Morgan fingerprint density at radius 1 is 0.905 bits per heavy atom. The molecule has 1 aliphatic heterocycles. The summed E-state index contributed by atoms with van der Waals surface area (Å²) in [7, 11) is 3.26. The molecule has 8 heteroatoms. The normalized spacial score (nSPS) is 20.0. The van der Waals surface area contributed by atoms with Crippen LogP contribution in [-0.2, 0) is 20.9 Å². The standard InChI is InChI=1S/C34H39BrClNO5/c1-33(2)15-24-30(26(38)17-33)29(31-25(37(24)11-12-40-5)16-34(3,4)18-27(31)39)21-13-23(36)32(28(14-21)41-6)42-19-20-7-9-22(35)10-8-20/h7-10,13-14,29H,11-12,15-19H2,1-6H3. The van der Waals surface area contributed by atoms with Gasteiger partial charge >= 0.3 is 0 Å². The van der Waals surface area contributed by atoms with E-state index in [0.717, 1.165) is 39.8 Å². The maximum atomic E-state index is 14.0. The number of ether oxygens (including phenoxy) is 3. The summed E-state index contributed by atoms with van der Waals surface area (Å²) in [6, 6.07) is 11.6. The van der Waals surface area contributed by atoms with Crippen LogP contribution in [0.15, 0.2) is 63.4 Å². The molecule has 2 aromatic rings. The van der Waals surface area contributed by atoms with Crippen LogP contribution in [0.3, 0.4) is 0 Å². The van der Waals surface area contributed by atoms with E-state index in [1.165, 1.54) is 0 Å². The maximum Gasteiger partial charge on any atom is 0.180 e. The largest absolute Gasteiger partial charge is 0.493 e. The molecule has 0 atom stereocenters. The number of hydrogen-bond acceptors (Lipinski definition) is 6. The number of allylic oxidation sites excluding steroid dienone is 4. The first-order valence-corrected chi connectivity index (χ1v) is 15.5. The number of nitrogens with zero attached hydrogens (tertiary/aromatic N) is 1. The second kappa shape index (κ2) is 11.8. The molecule has 0 saturated carbocycles. The van der Waals surface area contributed by atoms with Crippen LogP contribution in [0.1, 0.15) is 70.4 Å². The molecule has 2 aromatic carbocycles. The molecule has 42 heavy (non-hydrogen) atoms. The molecule has 0 bridgehead atoms. The van der Waals surface area contributed by atoms with Gasteiger partial charge in [-0.1, -0.05) is 67.4 Å². The average molecular weight is 657 g/mol. The molecule has 0 aromatic heterocycles. The van der Waals surface area contributed by atoms with Gasteiger partial charge in [-0.25, -0.2) is 0 Å². The SMILES string of the molecule is COCCN1C2=C(C(=O)CC(C)(C)C2)C(c2cc(Cl)c(OCc3ccc(Br)cc3)c(OC)c2)C2=C1CC(C)(C)CC2=O. The van der Waals surface area contributed by atoms with Crippen molar-refractivity contribution < 1.29 is 23.8 Å². The van der Waals surface area contributed by atoms with Crippen molar-refractivity contribution in [3.63, 3.8) is 0 Å². The summed E-state index contributed by atoms with van der Waals surface area (Å²) in [5.41, 5.74) is 4.73. The zero-order valence-electron chi connectivity index (χ0n) is 25.2. The first-order valence-electron chi connectivity index (χ1n) is 14.4. The van der Waals surface area contributed by atoms with E-state index in [1.807, 2.05) is 36.4 Å². The molecule has 3 aliphatic rings. The first kappa shape index (κ1) is 30.8. The second-order valence-electron chi connectivity index (χ2n) is 13.1. The third kappa shape index (κ3) is 6.06. The van der Waals surface area contributed by atoms with Crippen molar-refractivity contribution in [3.8, 4) is 11.5 Å². The van der Waals surface area contributed by atoms with Crippen LogP contribution < -0.4 is 9.47 Å². The Kier molecular flexibility index (Phi) is 8.68. The van der Waals surface area contributed by atoms with Crippen molar-refractivity contribution in [3.05, 3.63) is 79.6 Å². The molecule has 0 radical (unpaired) electrons. The molecule has 1 heterocycles. The Morgan fingerprint density at radius 3 is 2.00 bits per heavy atom. The number of benzene rings is 2. The lowest BCUT2D eigenvalue weighted by Crippen LogP contribution is -2.45. The predicted molar refractivity (Wildman–Crippen MR) is 168 cm³/mol. The zero-order chi connectivity index (χ0) is 30.4. The molecular weight excluding hydrogens is 618 g/mol. The summed E-state index contributed by atoms with van der Waals surface area (Å²) >= 11 is 10.4. The Labute approximate surface area is 262 Å². The molecule has 224 valence electrons. The molecule has 5 rings (SSSR count). The van der Waals surface area contributed by atoms with E-state index in [-0.39, 0.29) is 22.4 Å². The molecular formula is C34H39BrClNO5. The van der Waals surface area contributed by atoms with E-state index in [0.29, 0.717) is 60.3 Å². The summed E-state index contributed by atoms with van der Waals surface area (Å²) < 4.78 is 18.4. The van der Waals surface area contributed by atoms with Crippen LogP contribution in [0, 0.1) is 10.8 Å². The summed E-state index contributed by atoms with van der Waals surface area (Å²) in [6.45, 7) is 9.93. The lowest BCUT2D eigenvalue weighted by atomic mass is 9.63. The minimum Gasteiger partial charge on any atom is -0.493 e. The first-order chi connectivity index (χ1) is 19.8. The van der Waals surface area contributed by atoms with E-state index in [1.54, 1.807) is 14.2 Å². The summed E-state index contributed by atoms with van der Waals surface area (Å²) in [5.74, 6) is 0.520. The smallest absolute Gasteiger partial charge is 0.180 e. The summed E-state index contributed by atoms with van der Waals surface area (Å²) in [4.78, 5) is 30.2. The summed E-state index contributed by atoms with van der Waals surface area (Å²) in [6.07, 6.45) is 2.31. The molecule has 0 amide bonds. The molecule has 0 N–H and O–H groups in total. The highest BCUT2D eigenvalue weighted by atomic mass is 79.9. The van der Waals surface area contributed by atoms with Crippen molar-refractivity contribution in [1.82, 2.24) is 4.90 Å². The van der Waals surface area contributed by atoms with Gasteiger partial charge in [0.05, 0.1) is 18.7 Å². The van der Waals surface area contributed by atoms with Gasteiger partial charge < -0.3 is 19.1 Å². The number of methoxy groups -OCH3 is 2. The topological polar surface area (TPSA) is 65.1 Å². The monoisotopic (exact) mass is 655 g/mol. The number of Topliss-reactive ketones (excluding diaryl/α,β-unsaturated/α-hetero) is 2. The molecule has 0 spiro atoms. The van der Waals surface area contributed by atoms with Gasteiger partial charge in [0.1, 0.15) is 6.61 Å². The van der Waals surface area contributed by atoms with E-state index < -0.39 is 5.92 Å². The number of ketones is 2. The van der Waals surface area contributed by atoms with E-state index in [9.17, 15) is 9.59 Å². The van der Waals surface area contributed by atoms with Crippen molar-refractivity contribution in [1.29, 1.82) is 0 Å². The number of halogens is 2. The van der Waals surface area contributed by atoms with E-state index in [4.69, 9.17) is 25.8 Å². The molecule has 0 saturated heterocycles. The van der Waals surface area contributed by atoms with Crippen molar-refractivity contribution in [2.75, 3.05) is 27.4 Å². The van der Waals surface area contributed by atoms with Gasteiger partial charge in [0.15, 0.2) is 23.1 Å². The fourth-order valence-electron chi connectivity index (χ4n) is 6.62. The van der Waals surface area contributed by atoms with Gasteiger partial charge in [-0.3, -0.25) is 9.59 Å². The van der Waals surface area contributed by atoms with Crippen LogP contribution in [0.25, 0.3) is 0 Å². The number of hydrogen-bond donors (Lipinski definition) is 0. The van der Waals surface area contributed by atoms with Gasteiger partial charge in [-0.05, 0) is 59.1 Å². The minimum absolute atomic E-state index is 0.0727. The Bertz CT molecular complexity index is 1420. The van der Waals surface area contributed by atoms with Crippen molar-refractivity contribution in [2.24, 2.45) is 10.8 Å². The van der Waals surface area contributed by atoms with Gasteiger partial charge in [0.25, 0.3) is 0 Å². The van der Waals surface area contributed by atoms with Crippen molar-refractivity contribution >= 4 is 39.1 Å². The predicted octanol–water partition coefficient (Wildman–Crippen LogP) is 8.02. The molecule has 0 fully saturated rings.